The summed E-state index contributed by atoms with van der Waals surface area (Å²) in [6.07, 6.45) is 0.929. The van der Waals surface area contributed by atoms with E-state index in [1.807, 2.05) is 4.90 Å². The first-order valence-electron chi connectivity index (χ1n) is 6.71. The summed E-state index contributed by atoms with van der Waals surface area (Å²) in [5.74, 6) is -1.35. The second-order valence-corrected chi connectivity index (χ2v) is 5.03. The van der Waals surface area contributed by atoms with E-state index in [1.165, 1.54) is 6.07 Å². The van der Waals surface area contributed by atoms with E-state index < -0.39 is 11.6 Å². The fraction of sp³-hybridized carbons (Fsp3) is 0.500. The van der Waals surface area contributed by atoms with Crippen LogP contribution in [0, 0.1) is 17.6 Å². The summed E-state index contributed by atoms with van der Waals surface area (Å²) < 4.78 is 26.1. The van der Waals surface area contributed by atoms with Crippen molar-refractivity contribution in [3.05, 3.63) is 29.8 Å². The Labute approximate surface area is 117 Å². The maximum absolute atomic E-state index is 13.2. The van der Waals surface area contributed by atoms with E-state index in [4.69, 9.17) is 0 Å². The number of nitrogens with one attached hydrogen (secondary N) is 2. The van der Waals surface area contributed by atoms with Crippen LogP contribution in [0.4, 0.5) is 14.5 Å². The van der Waals surface area contributed by atoms with Crippen LogP contribution in [0.3, 0.4) is 0 Å². The number of anilines is 1. The van der Waals surface area contributed by atoms with Crippen molar-refractivity contribution in [2.24, 2.45) is 5.92 Å². The molecular formula is C14H19F2N3O. The Kier molecular flexibility index (Phi) is 4.89. The average molecular weight is 283 g/mol. The van der Waals surface area contributed by atoms with Crippen LogP contribution in [0.25, 0.3) is 0 Å². The highest BCUT2D eigenvalue weighted by molar-refractivity contribution is 5.77. The zero-order valence-electron chi connectivity index (χ0n) is 11.5. The second kappa shape index (κ2) is 6.65. The van der Waals surface area contributed by atoms with Crippen molar-refractivity contribution in [3.63, 3.8) is 0 Å². The lowest BCUT2D eigenvalue weighted by Gasteiger charge is -2.19. The Morgan fingerprint density at radius 3 is 2.90 bits per heavy atom. The molecule has 0 unspecified atom stereocenters. The minimum atomic E-state index is -0.830. The fourth-order valence-electron chi connectivity index (χ4n) is 2.40. The number of carbonyl (C=O) groups excluding carboxylic acids is 1. The monoisotopic (exact) mass is 283 g/mol. The lowest BCUT2D eigenvalue weighted by molar-refractivity contribution is -0.120. The molecule has 1 heterocycles. The molecule has 20 heavy (non-hydrogen) atoms. The molecule has 0 aliphatic carbocycles. The molecular weight excluding hydrogens is 264 g/mol. The van der Waals surface area contributed by atoms with Crippen LogP contribution in [0.2, 0.25) is 0 Å². The first kappa shape index (κ1) is 14.7. The zero-order chi connectivity index (χ0) is 14.5. The zero-order valence-corrected chi connectivity index (χ0v) is 11.5. The minimum absolute atomic E-state index is 0.0289. The van der Waals surface area contributed by atoms with E-state index in [1.54, 1.807) is 13.1 Å². The highest BCUT2D eigenvalue weighted by Gasteiger charge is 2.23. The number of nitrogens with zero attached hydrogens (tertiary/aromatic N) is 1. The average Bonchev–Trinajstić information content (AvgIpc) is 2.89. The standard InChI is InChI=1S/C14H19F2N3O/c1-17-8-14(20)18-7-10-4-5-19(9-10)11-2-3-12(15)13(16)6-11/h2-3,6,10,17H,4-5,7-9H2,1H3,(H,18,20)/t10-/m0/s1. The number of likely N-dealkylation sites (N-methyl/N-ethyl adjacent to an activating group) is 1. The Balaban J connectivity index is 1.85. The summed E-state index contributed by atoms with van der Waals surface area (Å²) in [6, 6.07) is 3.95. The molecule has 110 valence electrons. The van der Waals surface area contributed by atoms with Gasteiger partial charge in [-0.1, -0.05) is 0 Å². The first-order chi connectivity index (χ1) is 9.60. The van der Waals surface area contributed by atoms with E-state index in [2.05, 4.69) is 10.6 Å². The van der Waals surface area contributed by atoms with E-state index in [9.17, 15) is 13.6 Å². The maximum atomic E-state index is 13.2. The van der Waals surface area contributed by atoms with Gasteiger partial charge in [0.1, 0.15) is 0 Å². The van der Waals surface area contributed by atoms with E-state index >= 15 is 0 Å². The third kappa shape index (κ3) is 3.66. The number of carbonyl (C=O) groups is 1. The molecule has 2 rings (SSSR count). The molecule has 1 aliphatic rings. The van der Waals surface area contributed by atoms with Crippen LogP contribution >= 0.6 is 0 Å². The molecule has 0 saturated carbocycles. The summed E-state index contributed by atoms with van der Waals surface area (Å²) in [5.41, 5.74) is 0.688. The summed E-state index contributed by atoms with van der Waals surface area (Å²) in [4.78, 5) is 13.4. The molecule has 1 fully saturated rings. The SMILES string of the molecule is CNCC(=O)NC[C@@H]1CCN(c2ccc(F)c(F)c2)C1. The molecule has 6 heteroatoms. The van der Waals surface area contributed by atoms with Crippen molar-refractivity contribution in [3.8, 4) is 0 Å². The van der Waals surface area contributed by atoms with Crippen molar-refractivity contribution in [2.75, 3.05) is 38.1 Å². The molecule has 0 bridgehead atoms. The maximum Gasteiger partial charge on any atom is 0.233 e. The highest BCUT2D eigenvalue weighted by Crippen LogP contribution is 2.24. The third-order valence-corrected chi connectivity index (χ3v) is 3.48. The molecule has 1 saturated heterocycles. The lowest BCUT2D eigenvalue weighted by Crippen LogP contribution is -2.36. The minimum Gasteiger partial charge on any atom is -0.371 e. The first-order valence-corrected chi connectivity index (χ1v) is 6.71. The quantitative estimate of drug-likeness (QED) is 0.851. The Hall–Kier alpha value is -1.69. The number of halogens is 2. The van der Waals surface area contributed by atoms with Crippen molar-refractivity contribution in [1.29, 1.82) is 0 Å². The molecule has 4 nitrogen and oxygen atoms in total. The number of hydrogen-bond donors (Lipinski definition) is 2. The predicted octanol–water partition coefficient (Wildman–Crippen LogP) is 1.13. The highest BCUT2D eigenvalue weighted by atomic mass is 19.2. The summed E-state index contributed by atoms with van der Waals surface area (Å²) in [5, 5.41) is 5.65. The van der Waals surface area contributed by atoms with Gasteiger partial charge >= 0.3 is 0 Å². The van der Waals surface area contributed by atoms with Crippen LogP contribution in [0.5, 0.6) is 0 Å². The Morgan fingerprint density at radius 2 is 2.20 bits per heavy atom. The van der Waals surface area contributed by atoms with Gasteiger partial charge in [-0.25, -0.2) is 8.78 Å². The van der Waals surface area contributed by atoms with Gasteiger partial charge in [-0.05, 0) is 31.5 Å². The summed E-state index contributed by atoms with van der Waals surface area (Å²) >= 11 is 0. The van der Waals surface area contributed by atoms with E-state index in [0.717, 1.165) is 25.6 Å². The predicted molar refractivity (Wildman–Crippen MR) is 73.6 cm³/mol. The summed E-state index contributed by atoms with van der Waals surface area (Å²) in [6.45, 7) is 2.45. The molecule has 0 spiro atoms. The van der Waals surface area contributed by atoms with Gasteiger partial charge in [0.25, 0.3) is 0 Å². The Morgan fingerprint density at radius 1 is 1.40 bits per heavy atom. The molecule has 0 aromatic heterocycles. The molecule has 2 N–H and O–H groups in total. The fourth-order valence-corrected chi connectivity index (χ4v) is 2.40. The van der Waals surface area contributed by atoms with Gasteiger partial charge in [-0.15, -0.1) is 0 Å². The molecule has 1 amide bonds. The number of amides is 1. The molecule has 1 aliphatic heterocycles. The largest absolute Gasteiger partial charge is 0.371 e. The van der Waals surface area contributed by atoms with Gasteiger partial charge < -0.3 is 15.5 Å². The topological polar surface area (TPSA) is 44.4 Å². The van der Waals surface area contributed by atoms with E-state index in [0.29, 0.717) is 24.7 Å². The van der Waals surface area contributed by atoms with Crippen LogP contribution in [-0.4, -0.2) is 39.1 Å². The van der Waals surface area contributed by atoms with Gasteiger partial charge in [-0.2, -0.15) is 0 Å². The van der Waals surface area contributed by atoms with Crippen molar-refractivity contribution >= 4 is 11.6 Å². The third-order valence-electron chi connectivity index (χ3n) is 3.48. The number of rotatable bonds is 5. The van der Waals surface area contributed by atoms with Crippen LogP contribution in [-0.2, 0) is 4.79 Å². The smallest absolute Gasteiger partial charge is 0.233 e. The van der Waals surface area contributed by atoms with Gasteiger partial charge in [0.05, 0.1) is 6.54 Å². The molecule has 1 aromatic carbocycles. The lowest BCUT2D eigenvalue weighted by atomic mass is 10.1. The van der Waals surface area contributed by atoms with Gasteiger partial charge in [-0.3, -0.25) is 4.79 Å². The van der Waals surface area contributed by atoms with Crippen LogP contribution < -0.4 is 15.5 Å². The van der Waals surface area contributed by atoms with Gasteiger partial charge in [0.2, 0.25) is 5.91 Å². The van der Waals surface area contributed by atoms with Crippen molar-refractivity contribution in [1.82, 2.24) is 10.6 Å². The van der Waals surface area contributed by atoms with Crippen molar-refractivity contribution < 1.29 is 13.6 Å². The second-order valence-electron chi connectivity index (χ2n) is 5.03. The molecule has 1 aromatic rings. The van der Waals surface area contributed by atoms with E-state index in [-0.39, 0.29) is 5.91 Å². The van der Waals surface area contributed by atoms with Gasteiger partial charge in [0, 0.05) is 31.4 Å². The normalized spacial score (nSPS) is 18.4. The molecule has 1 atom stereocenters. The summed E-state index contributed by atoms with van der Waals surface area (Å²) in [7, 11) is 1.72. The number of benzene rings is 1. The molecule has 0 radical (unpaired) electrons. The Bertz CT molecular complexity index is 481. The van der Waals surface area contributed by atoms with Gasteiger partial charge in [0.15, 0.2) is 11.6 Å². The number of hydrogen-bond acceptors (Lipinski definition) is 3. The van der Waals surface area contributed by atoms with Crippen LogP contribution in [0.1, 0.15) is 6.42 Å². The van der Waals surface area contributed by atoms with Crippen LogP contribution in [0.15, 0.2) is 18.2 Å². The van der Waals surface area contributed by atoms with Crippen molar-refractivity contribution in [2.45, 2.75) is 6.42 Å².